The number of halogens is 1. The highest BCUT2D eigenvalue weighted by molar-refractivity contribution is 6.30. The van der Waals surface area contributed by atoms with Crippen LogP contribution in [0.1, 0.15) is 27.7 Å². The molecule has 1 aromatic heterocycles. The van der Waals surface area contributed by atoms with Gasteiger partial charge in [0.2, 0.25) is 5.82 Å². The third kappa shape index (κ3) is 4.35. The van der Waals surface area contributed by atoms with E-state index >= 15 is 0 Å². The SMILES string of the molecule is CC(C)C(CNc1ncc(Cl)cc1[N+](=O)[O-])C(C)C. The highest BCUT2D eigenvalue weighted by Gasteiger charge is 2.20. The fourth-order valence-corrected chi connectivity index (χ4v) is 2.31. The second kappa shape index (κ2) is 6.70. The van der Waals surface area contributed by atoms with Crippen molar-refractivity contribution in [2.75, 3.05) is 11.9 Å². The minimum Gasteiger partial charge on any atom is -0.364 e. The molecule has 0 aliphatic rings. The first-order chi connectivity index (χ1) is 8.82. The summed E-state index contributed by atoms with van der Waals surface area (Å²) in [6.45, 7) is 9.25. The van der Waals surface area contributed by atoms with E-state index in [2.05, 4.69) is 38.0 Å². The Morgan fingerprint density at radius 3 is 2.42 bits per heavy atom. The summed E-state index contributed by atoms with van der Waals surface area (Å²) >= 11 is 5.73. The first-order valence-electron chi connectivity index (χ1n) is 6.36. The molecular formula is C13H20ClN3O2. The highest BCUT2D eigenvalue weighted by Crippen LogP contribution is 2.27. The molecule has 6 heteroatoms. The zero-order valence-corrected chi connectivity index (χ0v) is 12.4. The second-order valence-corrected chi connectivity index (χ2v) is 5.75. The lowest BCUT2D eigenvalue weighted by atomic mass is 9.85. The molecule has 0 aliphatic heterocycles. The zero-order valence-electron chi connectivity index (χ0n) is 11.7. The van der Waals surface area contributed by atoms with Crippen LogP contribution in [-0.2, 0) is 0 Å². The van der Waals surface area contributed by atoms with Crippen LogP contribution in [0, 0.1) is 27.9 Å². The number of hydrogen-bond acceptors (Lipinski definition) is 4. The molecule has 1 N–H and O–H groups in total. The van der Waals surface area contributed by atoms with Crippen LogP contribution in [-0.4, -0.2) is 16.5 Å². The van der Waals surface area contributed by atoms with Crippen molar-refractivity contribution in [1.82, 2.24) is 4.98 Å². The smallest absolute Gasteiger partial charge is 0.312 e. The molecule has 1 aromatic rings. The Morgan fingerprint density at radius 2 is 1.95 bits per heavy atom. The lowest BCUT2D eigenvalue weighted by Gasteiger charge is -2.25. The zero-order chi connectivity index (χ0) is 14.6. The number of nitro groups is 1. The average molecular weight is 286 g/mol. The molecule has 19 heavy (non-hydrogen) atoms. The van der Waals surface area contributed by atoms with E-state index in [0.29, 0.717) is 24.3 Å². The third-order valence-corrected chi connectivity index (χ3v) is 3.46. The van der Waals surface area contributed by atoms with Crippen LogP contribution in [0.25, 0.3) is 0 Å². The second-order valence-electron chi connectivity index (χ2n) is 5.31. The van der Waals surface area contributed by atoms with E-state index in [0.717, 1.165) is 0 Å². The van der Waals surface area contributed by atoms with Crippen molar-refractivity contribution in [3.05, 3.63) is 27.4 Å². The first kappa shape index (κ1) is 15.7. The molecule has 5 nitrogen and oxygen atoms in total. The molecule has 1 heterocycles. The summed E-state index contributed by atoms with van der Waals surface area (Å²) in [7, 11) is 0. The number of anilines is 1. The highest BCUT2D eigenvalue weighted by atomic mass is 35.5. The van der Waals surface area contributed by atoms with Gasteiger partial charge in [0, 0.05) is 18.8 Å². The molecule has 0 saturated heterocycles. The van der Waals surface area contributed by atoms with Crippen molar-refractivity contribution in [2.24, 2.45) is 17.8 Å². The van der Waals surface area contributed by atoms with Crippen molar-refractivity contribution in [1.29, 1.82) is 0 Å². The van der Waals surface area contributed by atoms with Crippen molar-refractivity contribution >= 4 is 23.1 Å². The van der Waals surface area contributed by atoms with Gasteiger partial charge < -0.3 is 5.32 Å². The Kier molecular flexibility index (Phi) is 5.54. The number of nitrogens with zero attached hydrogens (tertiary/aromatic N) is 2. The van der Waals surface area contributed by atoms with E-state index in [9.17, 15) is 10.1 Å². The summed E-state index contributed by atoms with van der Waals surface area (Å²) in [6, 6.07) is 1.32. The van der Waals surface area contributed by atoms with E-state index in [1.807, 2.05) is 0 Å². The van der Waals surface area contributed by atoms with Crippen LogP contribution in [0.5, 0.6) is 0 Å². The summed E-state index contributed by atoms with van der Waals surface area (Å²) in [5.74, 6) is 1.70. The van der Waals surface area contributed by atoms with E-state index < -0.39 is 4.92 Å². The molecule has 0 spiro atoms. The normalized spacial score (nSPS) is 11.4. The topological polar surface area (TPSA) is 68.1 Å². The van der Waals surface area contributed by atoms with Gasteiger partial charge in [-0.15, -0.1) is 0 Å². The Labute approximate surface area is 118 Å². The van der Waals surface area contributed by atoms with Crippen molar-refractivity contribution < 1.29 is 4.92 Å². The third-order valence-electron chi connectivity index (χ3n) is 3.25. The van der Waals surface area contributed by atoms with Crippen molar-refractivity contribution in [3.8, 4) is 0 Å². The Balaban J connectivity index is 2.85. The predicted molar refractivity (Wildman–Crippen MR) is 77.6 cm³/mol. The van der Waals surface area contributed by atoms with Gasteiger partial charge >= 0.3 is 5.69 Å². The van der Waals surface area contributed by atoms with Gasteiger partial charge in [-0.05, 0) is 17.8 Å². The molecule has 0 fully saturated rings. The Hall–Kier alpha value is -1.36. The van der Waals surface area contributed by atoms with Gasteiger partial charge in [-0.2, -0.15) is 0 Å². The van der Waals surface area contributed by atoms with Gasteiger partial charge in [0.15, 0.2) is 0 Å². The summed E-state index contributed by atoms with van der Waals surface area (Å²) in [5.41, 5.74) is -0.0845. The van der Waals surface area contributed by atoms with Crippen molar-refractivity contribution in [3.63, 3.8) is 0 Å². The van der Waals surface area contributed by atoms with Gasteiger partial charge in [0.1, 0.15) is 0 Å². The molecule has 0 aliphatic carbocycles. The van der Waals surface area contributed by atoms with E-state index in [-0.39, 0.29) is 16.5 Å². The van der Waals surface area contributed by atoms with Crippen LogP contribution >= 0.6 is 11.6 Å². The largest absolute Gasteiger partial charge is 0.364 e. The van der Waals surface area contributed by atoms with Crippen LogP contribution in [0.4, 0.5) is 11.5 Å². The Bertz CT molecular complexity index is 442. The van der Waals surface area contributed by atoms with Crippen LogP contribution in [0.2, 0.25) is 5.02 Å². The molecule has 0 saturated carbocycles. The summed E-state index contributed by atoms with van der Waals surface area (Å²) < 4.78 is 0. The van der Waals surface area contributed by atoms with E-state index in [4.69, 9.17) is 11.6 Å². The van der Waals surface area contributed by atoms with Gasteiger partial charge in [0.25, 0.3) is 0 Å². The fourth-order valence-electron chi connectivity index (χ4n) is 2.16. The molecular weight excluding hydrogens is 266 g/mol. The molecule has 0 bridgehead atoms. The number of rotatable bonds is 6. The monoisotopic (exact) mass is 285 g/mol. The van der Waals surface area contributed by atoms with Crippen molar-refractivity contribution in [2.45, 2.75) is 27.7 Å². The summed E-state index contributed by atoms with van der Waals surface area (Å²) in [6.07, 6.45) is 1.41. The summed E-state index contributed by atoms with van der Waals surface area (Å²) in [4.78, 5) is 14.5. The van der Waals surface area contributed by atoms with Crippen LogP contribution in [0.3, 0.4) is 0 Å². The molecule has 1 rings (SSSR count). The minimum atomic E-state index is -0.471. The van der Waals surface area contributed by atoms with Crippen LogP contribution < -0.4 is 5.32 Å². The molecule has 0 atom stereocenters. The minimum absolute atomic E-state index is 0.0845. The molecule has 106 valence electrons. The molecule has 0 aromatic carbocycles. The van der Waals surface area contributed by atoms with Gasteiger partial charge in [0.05, 0.1) is 9.95 Å². The lowest BCUT2D eigenvalue weighted by Crippen LogP contribution is -2.25. The maximum atomic E-state index is 11.0. The molecule has 0 unspecified atom stereocenters. The number of pyridine rings is 1. The maximum Gasteiger partial charge on any atom is 0.312 e. The molecule has 0 amide bonds. The average Bonchev–Trinajstić information content (AvgIpc) is 2.29. The van der Waals surface area contributed by atoms with E-state index in [1.165, 1.54) is 12.3 Å². The predicted octanol–water partition coefficient (Wildman–Crippen LogP) is 3.98. The standard InChI is InChI=1S/C13H20ClN3O2/c1-8(2)11(9(3)4)7-16-13-12(17(18)19)5-10(14)6-15-13/h5-6,8-9,11H,7H2,1-4H3,(H,15,16). The number of hydrogen-bond donors (Lipinski definition) is 1. The quantitative estimate of drug-likeness (QED) is 0.634. The van der Waals surface area contributed by atoms with Gasteiger partial charge in [-0.1, -0.05) is 39.3 Å². The summed E-state index contributed by atoms with van der Waals surface area (Å²) in [5, 5.41) is 14.3. The lowest BCUT2D eigenvalue weighted by molar-refractivity contribution is -0.384. The van der Waals surface area contributed by atoms with E-state index in [1.54, 1.807) is 0 Å². The molecule has 0 radical (unpaired) electrons. The van der Waals surface area contributed by atoms with Gasteiger partial charge in [-0.25, -0.2) is 4.98 Å². The van der Waals surface area contributed by atoms with Crippen LogP contribution in [0.15, 0.2) is 12.3 Å². The maximum absolute atomic E-state index is 11.0. The fraction of sp³-hybridized carbons (Fsp3) is 0.615. The van der Waals surface area contributed by atoms with Gasteiger partial charge in [-0.3, -0.25) is 10.1 Å². The number of aromatic nitrogens is 1. The number of nitrogens with one attached hydrogen (secondary N) is 1. The Morgan fingerprint density at radius 1 is 1.37 bits per heavy atom. The first-order valence-corrected chi connectivity index (χ1v) is 6.74.